The lowest BCUT2D eigenvalue weighted by molar-refractivity contribution is -0.0662. The smallest absolute Gasteiger partial charge is 0.106 e. The topological polar surface area (TPSA) is 80.9 Å². The minimum Gasteiger partial charge on any atom is -0.396 e. The minimum atomic E-state index is -1.15. The Balaban J connectivity index is 3.70. The maximum Gasteiger partial charge on any atom is 0.106 e. The fourth-order valence-corrected chi connectivity index (χ4v) is 0.801. The molecule has 4 N–H and O–H groups in total. The molecule has 11 heavy (non-hydrogen) atoms. The molecule has 0 aromatic carbocycles. The first-order chi connectivity index (χ1) is 5.13. The minimum absolute atomic E-state index is 0.0955. The third kappa shape index (κ3) is 3.67. The van der Waals surface area contributed by atoms with Crippen molar-refractivity contribution in [1.82, 2.24) is 0 Å². The van der Waals surface area contributed by atoms with Crippen LogP contribution >= 0.6 is 0 Å². The Morgan fingerprint density at radius 3 is 2.00 bits per heavy atom. The largest absolute Gasteiger partial charge is 0.396 e. The highest BCUT2D eigenvalue weighted by Gasteiger charge is 2.22. The van der Waals surface area contributed by atoms with Gasteiger partial charge in [-0.25, -0.2) is 0 Å². The maximum absolute atomic E-state index is 9.11. The van der Waals surface area contributed by atoms with Crippen LogP contribution in [0.25, 0.3) is 0 Å². The molecule has 0 amide bonds. The summed E-state index contributed by atoms with van der Waals surface area (Å²) in [6.07, 6.45) is -2.60. The van der Waals surface area contributed by atoms with Crippen molar-refractivity contribution >= 4 is 0 Å². The summed E-state index contributed by atoms with van der Waals surface area (Å²) in [5.41, 5.74) is 0. The average Bonchev–Trinajstić information content (AvgIpc) is 2.02. The quantitative estimate of drug-likeness (QED) is 0.414. The molecule has 0 radical (unpaired) electrons. The fourth-order valence-electron chi connectivity index (χ4n) is 0.801. The van der Waals surface area contributed by atoms with Crippen LogP contribution in [0.5, 0.6) is 0 Å². The molecule has 68 valence electrons. The molecule has 0 bridgehead atoms. The molecule has 3 unspecified atom stereocenters. The first kappa shape index (κ1) is 10.8. The van der Waals surface area contributed by atoms with Crippen molar-refractivity contribution in [3.8, 4) is 0 Å². The van der Waals surface area contributed by atoms with Gasteiger partial charge in [-0.15, -0.1) is 0 Å². The van der Waals surface area contributed by atoms with Crippen molar-refractivity contribution in [3.63, 3.8) is 0 Å². The molecule has 4 nitrogen and oxygen atoms in total. The molecular formula is C7H16O4. The molecule has 0 fully saturated rings. The van der Waals surface area contributed by atoms with Crippen LogP contribution in [-0.2, 0) is 0 Å². The first-order valence-corrected chi connectivity index (χ1v) is 3.78. The van der Waals surface area contributed by atoms with Gasteiger partial charge in [0.05, 0.1) is 12.2 Å². The van der Waals surface area contributed by atoms with Gasteiger partial charge in [-0.05, 0) is 12.8 Å². The second kappa shape index (κ2) is 5.49. The van der Waals surface area contributed by atoms with E-state index in [1.807, 2.05) is 0 Å². The maximum atomic E-state index is 9.11. The van der Waals surface area contributed by atoms with E-state index >= 15 is 0 Å². The van der Waals surface area contributed by atoms with Crippen LogP contribution in [-0.4, -0.2) is 45.3 Å². The Hall–Kier alpha value is -0.160. The zero-order valence-electron chi connectivity index (χ0n) is 6.64. The number of hydrogen-bond acceptors (Lipinski definition) is 4. The van der Waals surface area contributed by atoms with Gasteiger partial charge < -0.3 is 20.4 Å². The van der Waals surface area contributed by atoms with E-state index in [0.717, 1.165) is 0 Å². The summed E-state index contributed by atoms with van der Waals surface area (Å²) >= 11 is 0. The number of rotatable bonds is 5. The van der Waals surface area contributed by atoms with Crippen molar-refractivity contribution in [2.75, 3.05) is 6.61 Å². The van der Waals surface area contributed by atoms with Gasteiger partial charge in [0.25, 0.3) is 0 Å². The van der Waals surface area contributed by atoms with E-state index in [-0.39, 0.29) is 13.0 Å². The predicted octanol–water partition coefficient (Wildman–Crippen LogP) is -1.14. The lowest BCUT2D eigenvalue weighted by Gasteiger charge is -2.20. The van der Waals surface area contributed by atoms with Crippen LogP contribution in [0.15, 0.2) is 0 Å². The monoisotopic (exact) mass is 164 g/mol. The zero-order valence-corrected chi connectivity index (χ0v) is 6.64. The molecular weight excluding hydrogens is 148 g/mol. The fraction of sp³-hybridized carbons (Fsp3) is 1.00. The molecule has 0 aliphatic rings. The van der Waals surface area contributed by atoms with E-state index in [2.05, 4.69) is 0 Å². The van der Waals surface area contributed by atoms with Crippen LogP contribution in [0, 0.1) is 0 Å². The molecule has 0 aromatic heterocycles. The van der Waals surface area contributed by atoms with Gasteiger partial charge in [0.15, 0.2) is 0 Å². The molecule has 0 heterocycles. The Kier molecular flexibility index (Phi) is 5.41. The Bertz CT molecular complexity index is 96.4. The van der Waals surface area contributed by atoms with E-state index in [4.69, 9.17) is 20.4 Å². The van der Waals surface area contributed by atoms with E-state index in [1.54, 1.807) is 6.92 Å². The normalized spacial score (nSPS) is 19.4. The Morgan fingerprint density at radius 1 is 1.09 bits per heavy atom. The molecule has 0 spiro atoms. The van der Waals surface area contributed by atoms with Gasteiger partial charge in [-0.1, -0.05) is 6.92 Å². The predicted molar refractivity (Wildman–Crippen MR) is 40.0 cm³/mol. The number of aliphatic hydroxyl groups is 4. The number of hydrogen-bond donors (Lipinski definition) is 4. The second-order valence-corrected chi connectivity index (χ2v) is 2.55. The molecule has 0 aliphatic carbocycles. The van der Waals surface area contributed by atoms with E-state index in [1.165, 1.54) is 0 Å². The highest BCUT2D eigenvalue weighted by atomic mass is 16.4. The molecule has 0 aliphatic heterocycles. The van der Waals surface area contributed by atoms with Crippen LogP contribution in [0.4, 0.5) is 0 Å². The van der Waals surface area contributed by atoms with Crippen molar-refractivity contribution in [3.05, 3.63) is 0 Å². The van der Waals surface area contributed by atoms with Crippen molar-refractivity contribution in [2.24, 2.45) is 0 Å². The standard InChI is InChI=1S/C7H16O4/c1-2-5(9)7(11)6(10)3-4-8/h5-11H,2-4H2,1H3. The molecule has 0 saturated heterocycles. The lowest BCUT2D eigenvalue weighted by Crippen LogP contribution is -2.37. The van der Waals surface area contributed by atoms with Gasteiger partial charge in [0.2, 0.25) is 0 Å². The molecule has 4 heteroatoms. The van der Waals surface area contributed by atoms with E-state index in [0.29, 0.717) is 6.42 Å². The molecule has 0 aromatic rings. The van der Waals surface area contributed by atoms with Crippen molar-refractivity contribution in [2.45, 2.75) is 38.1 Å². The SMILES string of the molecule is CCC(O)C(O)C(O)CCO. The van der Waals surface area contributed by atoms with Crippen LogP contribution in [0.3, 0.4) is 0 Å². The number of aliphatic hydroxyl groups excluding tert-OH is 4. The van der Waals surface area contributed by atoms with Gasteiger partial charge in [0, 0.05) is 6.61 Å². The average molecular weight is 164 g/mol. The summed E-state index contributed by atoms with van der Waals surface area (Å²) < 4.78 is 0. The third-order valence-electron chi connectivity index (χ3n) is 1.63. The first-order valence-electron chi connectivity index (χ1n) is 3.78. The third-order valence-corrected chi connectivity index (χ3v) is 1.63. The van der Waals surface area contributed by atoms with Crippen molar-refractivity contribution in [1.29, 1.82) is 0 Å². The summed E-state index contributed by atoms with van der Waals surface area (Å²) in [6, 6.07) is 0. The van der Waals surface area contributed by atoms with Gasteiger partial charge >= 0.3 is 0 Å². The van der Waals surface area contributed by atoms with E-state index in [9.17, 15) is 0 Å². The van der Waals surface area contributed by atoms with E-state index < -0.39 is 18.3 Å². The summed E-state index contributed by atoms with van der Waals surface area (Å²) in [6.45, 7) is 1.52. The molecule has 0 rings (SSSR count). The summed E-state index contributed by atoms with van der Waals surface area (Å²) in [5, 5.41) is 35.6. The molecule has 3 atom stereocenters. The van der Waals surface area contributed by atoms with Gasteiger partial charge in [-0.3, -0.25) is 0 Å². The lowest BCUT2D eigenvalue weighted by atomic mass is 10.0. The Labute approximate surface area is 66.1 Å². The summed E-state index contributed by atoms with van der Waals surface area (Å²) in [4.78, 5) is 0. The molecule has 0 saturated carbocycles. The van der Waals surface area contributed by atoms with Crippen LogP contribution in [0.1, 0.15) is 19.8 Å². The van der Waals surface area contributed by atoms with Crippen LogP contribution < -0.4 is 0 Å². The highest BCUT2D eigenvalue weighted by molar-refractivity contribution is 4.73. The van der Waals surface area contributed by atoms with Gasteiger partial charge in [0.1, 0.15) is 6.10 Å². The zero-order chi connectivity index (χ0) is 8.85. The summed E-state index contributed by atoms with van der Waals surface area (Å²) in [7, 11) is 0. The summed E-state index contributed by atoms with van der Waals surface area (Å²) in [5.74, 6) is 0. The van der Waals surface area contributed by atoms with Crippen molar-refractivity contribution < 1.29 is 20.4 Å². The highest BCUT2D eigenvalue weighted by Crippen LogP contribution is 2.05. The van der Waals surface area contributed by atoms with Crippen LogP contribution in [0.2, 0.25) is 0 Å². The Morgan fingerprint density at radius 2 is 1.64 bits per heavy atom. The second-order valence-electron chi connectivity index (χ2n) is 2.55. The van der Waals surface area contributed by atoms with Gasteiger partial charge in [-0.2, -0.15) is 0 Å².